The van der Waals surface area contributed by atoms with Crippen molar-refractivity contribution in [1.82, 2.24) is 15.2 Å². The van der Waals surface area contributed by atoms with Gasteiger partial charge in [-0.3, -0.25) is 9.89 Å². The van der Waals surface area contributed by atoms with Gasteiger partial charge in [0.1, 0.15) is 0 Å². The van der Waals surface area contributed by atoms with Crippen molar-refractivity contribution >= 4 is 50.9 Å². The fourth-order valence-corrected chi connectivity index (χ4v) is 3.16. The average Bonchev–Trinajstić information content (AvgIpc) is 3.02. The van der Waals surface area contributed by atoms with Gasteiger partial charge < -0.3 is 5.32 Å². The third-order valence-corrected chi connectivity index (χ3v) is 4.58. The first kappa shape index (κ1) is 17.0. The molecule has 0 saturated heterocycles. The Morgan fingerprint density at radius 1 is 1.25 bits per heavy atom. The molecule has 5 nitrogen and oxygen atoms in total. The summed E-state index contributed by atoms with van der Waals surface area (Å²) >= 11 is 10.6. The molecule has 0 radical (unpaired) electrons. The molecular formula is C16H12BrClN4OS. The second-order valence-corrected chi connectivity index (χ2v) is 7.12. The van der Waals surface area contributed by atoms with Crippen molar-refractivity contribution < 1.29 is 4.79 Å². The quantitative estimate of drug-likeness (QED) is 0.588. The van der Waals surface area contributed by atoms with E-state index in [1.54, 1.807) is 24.3 Å². The average molecular weight is 424 g/mol. The van der Waals surface area contributed by atoms with Crippen LogP contribution in [0.5, 0.6) is 0 Å². The second-order valence-electron chi connectivity index (χ2n) is 4.82. The third kappa shape index (κ3) is 4.59. The van der Waals surface area contributed by atoms with Crippen LogP contribution in [-0.4, -0.2) is 26.8 Å². The topological polar surface area (TPSA) is 70.7 Å². The first-order valence-corrected chi connectivity index (χ1v) is 9.12. The number of thioether (sulfide) groups is 1. The van der Waals surface area contributed by atoms with Crippen LogP contribution in [0.3, 0.4) is 0 Å². The molecule has 122 valence electrons. The number of carbonyl (C=O) groups is 1. The number of aromatic nitrogens is 3. The molecule has 3 rings (SSSR count). The van der Waals surface area contributed by atoms with E-state index < -0.39 is 0 Å². The van der Waals surface area contributed by atoms with Gasteiger partial charge in [-0.05, 0) is 30.3 Å². The Morgan fingerprint density at radius 2 is 2.08 bits per heavy atom. The highest BCUT2D eigenvalue weighted by atomic mass is 79.9. The van der Waals surface area contributed by atoms with Gasteiger partial charge in [0, 0.05) is 20.7 Å². The van der Waals surface area contributed by atoms with Gasteiger partial charge in [0.2, 0.25) is 11.1 Å². The smallest absolute Gasteiger partial charge is 0.234 e. The van der Waals surface area contributed by atoms with Crippen LogP contribution in [-0.2, 0) is 4.79 Å². The summed E-state index contributed by atoms with van der Waals surface area (Å²) in [4.78, 5) is 16.4. The van der Waals surface area contributed by atoms with E-state index in [1.165, 1.54) is 11.8 Å². The lowest BCUT2D eigenvalue weighted by molar-refractivity contribution is -0.113. The van der Waals surface area contributed by atoms with Crippen molar-refractivity contribution in [3.8, 4) is 11.4 Å². The SMILES string of the molecule is O=C(CSc1n[nH]c(-c2cccc(Br)c2)n1)Nc1cccc(Cl)c1. The molecule has 0 saturated carbocycles. The zero-order chi connectivity index (χ0) is 16.9. The number of halogens is 2. The van der Waals surface area contributed by atoms with Gasteiger partial charge in [0.25, 0.3) is 0 Å². The molecule has 3 aromatic rings. The van der Waals surface area contributed by atoms with Gasteiger partial charge >= 0.3 is 0 Å². The lowest BCUT2D eigenvalue weighted by Crippen LogP contribution is -2.14. The highest BCUT2D eigenvalue weighted by Gasteiger charge is 2.09. The molecule has 2 aromatic carbocycles. The monoisotopic (exact) mass is 422 g/mol. The van der Waals surface area contributed by atoms with Crippen LogP contribution in [0, 0.1) is 0 Å². The van der Waals surface area contributed by atoms with Crippen molar-refractivity contribution in [2.75, 3.05) is 11.1 Å². The molecule has 0 aliphatic heterocycles. The van der Waals surface area contributed by atoms with Gasteiger partial charge in [-0.2, -0.15) is 0 Å². The maximum atomic E-state index is 12.0. The predicted octanol–water partition coefficient (Wildman–Crippen LogP) is 4.62. The minimum absolute atomic E-state index is 0.143. The number of hydrogen-bond donors (Lipinski definition) is 2. The van der Waals surface area contributed by atoms with Crippen LogP contribution in [0.25, 0.3) is 11.4 Å². The van der Waals surface area contributed by atoms with Crippen LogP contribution < -0.4 is 5.32 Å². The van der Waals surface area contributed by atoms with Crippen molar-refractivity contribution in [2.45, 2.75) is 5.16 Å². The van der Waals surface area contributed by atoms with Crippen molar-refractivity contribution in [3.05, 3.63) is 58.0 Å². The number of carbonyl (C=O) groups excluding carboxylic acids is 1. The molecule has 0 aliphatic carbocycles. The summed E-state index contributed by atoms with van der Waals surface area (Å²) in [7, 11) is 0. The van der Waals surface area contributed by atoms with Gasteiger partial charge in [0.05, 0.1) is 5.75 Å². The highest BCUT2D eigenvalue weighted by molar-refractivity contribution is 9.10. The zero-order valence-corrected chi connectivity index (χ0v) is 15.5. The number of nitrogens with one attached hydrogen (secondary N) is 2. The molecule has 1 aromatic heterocycles. The molecule has 1 heterocycles. The van der Waals surface area contributed by atoms with Gasteiger partial charge in [0.15, 0.2) is 5.82 Å². The van der Waals surface area contributed by atoms with Crippen LogP contribution in [0.1, 0.15) is 0 Å². The fourth-order valence-electron chi connectivity index (χ4n) is 1.97. The summed E-state index contributed by atoms with van der Waals surface area (Å²) in [6.07, 6.45) is 0. The molecule has 0 aliphatic rings. The Morgan fingerprint density at radius 3 is 2.88 bits per heavy atom. The maximum Gasteiger partial charge on any atom is 0.234 e. The number of H-pyrrole nitrogens is 1. The van der Waals surface area contributed by atoms with E-state index in [-0.39, 0.29) is 11.7 Å². The number of nitrogens with zero attached hydrogens (tertiary/aromatic N) is 2. The van der Waals surface area contributed by atoms with Crippen LogP contribution in [0.4, 0.5) is 5.69 Å². The lowest BCUT2D eigenvalue weighted by atomic mass is 10.2. The summed E-state index contributed by atoms with van der Waals surface area (Å²) in [6, 6.07) is 14.8. The summed E-state index contributed by atoms with van der Waals surface area (Å²) in [6.45, 7) is 0. The van der Waals surface area contributed by atoms with E-state index in [0.29, 0.717) is 21.7 Å². The lowest BCUT2D eigenvalue weighted by Gasteiger charge is -2.04. The number of aromatic amines is 1. The largest absolute Gasteiger partial charge is 0.325 e. The summed E-state index contributed by atoms with van der Waals surface area (Å²) in [5.74, 6) is 0.729. The molecule has 8 heteroatoms. The highest BCUT2D eigenvalue weighted by Crippen LogP contribution is 2.22. The van der Waals surface area contributed by atoms with Crippen LogP contribution in [0.2, 0.25) is 5.02 Å². The molecule has 24 heavy (non-hydrogen) atoms. The Labute approximate surface area is 156 Å². The van der Waals surface area contributed by atoms with Crippen LogP contribution in [0.15, 0.2) is 58.2 Å². The molecular weight excluding hydrogens is 412 g/mol. The second kappa shape index (κ2) is 7.83. The van der Waals surface area contributed by atoms with E-state index in [9.17, 15) is 4.79 Å². The minimum atomic E-state index is -0.143. The molecule has 0 unspecified atom stereocenters. The first-order chi connectivity index (χ1) is 11.6. The van der Waals surface area contributed by atoms with Crippen molar-refractivity contribution in [3.63, 3.8) is 0 Å². The molecule has 0 atom stereocenters. The summed E-state index contributed by atoms with van der Waals surface area (Å²) in [5.41, 5.74) is 1.59. The molecule has 0 fully saturated rings. The van der Waals surface area contributed by atoms with E-state index in [2.05, 4.69) is 36.4 Å². The Hall–Kier alpha value is -1.83. The minimum Gasteiger partial charge on any atom is -0.325 e. The normalized spacial score (nSPS) is 10.6. The molecule has 0 bridgehead atoms. The zero-order valence-electron chi connectivity index (χ0n) is 12.3. The Bertz CT molecular complexity index is 871. The van der Waals surface area contributed by atoms with Gasteiger partial charge in [-0.1, -0.05) is 57.5 Å². The van der Waals surface area contributed by atoms with E-state index >= 15 is 0 Å². The Balaban J connectivity index is 1.58. The van der Waals surface area contributed by atoms with E-state index in [1.807, 2.05) is 24.3 Å². The van der Waals surface area contributed by atoms with Gasteiger partial charge in [-0.15, -0.1) is 5.10 Å². The van der Waals surface area contributed by atoms with E-state index in [0.717, 1.165) is 10.0 Å². The number of anilines is 1. The standard InChI is InChI=1S/C16H12BrClN4OS/c17-11-4-1-3-10(7-11)15-20-16(22-21-15)24-9-14(23)19-13-6-2-5-12(18)8-13/h1-8H,9H2,(H,19,23)(H,20,21,22). The predicted molar refractivity (Wildman–Crippen MR) is 100 cm³/mol. The van der Waals surface area contributed by atoms with Crippen molar-refractivity contribution in [2.24, 2.45) is 0 Å². The van der Waals surface area contributed by atoms with Crippen LogP contribution >= 0.6 is 39.3 Å². The number of amides is 1. The molecule has 0 spiro atoms. The third-order valence-electron chi connectivity index (χ3n) is 3.00. The summed E-state index contributed by atoms with van der Waals surface area (Å²) < 4.78 is 0.964. The fraction of sp³-hybridized carbons (Fsp3) is 0.0625. The number of benzene rings is 2. The molecule has 2 N–H and O–H groups in total. The number of rotatable bonds is 5. The van der Waals surface area contributed by atoms with Crippen molar-refractivity contribution in [1.29, 1.82) is 0 Å². The Kier molecular flexibility index (Phi) is 5.55. The first-order valence-electron chi connectivity index (χ1n) is 6.97. The van der Waals surface area contributed by atoms with Gasteiger partial charge in [-0.25, -0.2) is 4.98 Å². The summed E-state index contributed by atoms with van der Waals surface area (Å²) in [5, 5.41) is 10.9. The maximum absolute atomic E-state index is 12.0. The molecule has 1 amide bonds. The number of hydrogen-bond acceptors (Lipinski definition) is 4. The van der Waals surface area contributed by atoms with E-state index in [4.69, 9.17) is 11.6 Å².